The maximum Gasteiger partial charge on any atom is 0.188 e. The van der Waals surface area contributed by atoms with Gasteiger partial charge < -0.3 is 16.0 Å². The first-order valence-corrected chi connectivity index (χ1v) is 9.78. The highest BCUT2D eigenvalue weighted by atomic mass is 15.3. The molecule has 1 fully saturated rings. The van der Waals surface area contributed by atoms with Crippen LogP contribution in [0.15, 0.2) is 4.99 Å². The summed E-state index contributed by atoms with van der Waals surface area (Å²) >= 11 is 0. The van der Waals surface area contributed by atoms with Crippen molar-refractivity contribution in [2.75, 3.05) is 39.8 Å². The Balaban J connectivity index is 2.41. The number of aliphatic imine (C=N–C) groups is 1. The Bertz CT molecular complexity index is 359. The zero-order valence-corrected chi connectivity index (χ0v) is 16.9. The summed E-state index contributed by atoms with van der Waals surface area (Å²) in [4.78, 5) is 9.62. The summed E-state index contributed by atoms with van der Waals surface area (Å²) in [6, 6.07) is 0.879. The number of nitrogens with zero attached hydrogens (tertiary/aromatic N) is 3. The van der Waals surface area contributed by atoms with E-state index in [1.807, 2.05) is 0 Å². The van der Waals surface area contributed by atoms with Crippen LogP contribution < -0.4 is 11.1 Å². The molecule has 0 bridgehead atoms. The van der Waals surface area contributed by atoms with Crippen LogP contribution in [-0.4, -0.2) is 67.6 Å². The summed E-state index contributed by atoms with van der Waals surface area (Å²) in [5, 5.41) is 3.36. The van der Waals surface area contributed by atoms with Gasteiger partial charge in [0.2, 0.25) is 0 Å². The Labute approximate surface area is 150 Å². The molecule has 0 aromatic rings. The summed E-state index contributed by atoms with van der Waals surface area (Å²) in [7, 11) is 2.20. The van der Waals surface area contributed by atoms with E-state index in [0.717, 1.165) is 45.1 Å². The highest BCUT2D eigenvalue weighted by molar-refractivity contribution is 5.78. The third-order valence-electron chi connectivity index (χ3n) is 5.04. The molecule has 2 unspecified atom stereocenters. The first-order chi connectivity index (χ1) is 11.3. The molecule has 5 heteroatoms. The highest BCUT2D eigenvalue weighted by Gasteiger charge is 2.24. The van der Waals surface area contributed by atoms with E-state index in [1.165, 1.54) is 12.8 Å². The molecule has 142 valence electrons. The second-order valence-electron chi connectivity index (χ2n) is 8.25. The highest BCUT2D eigenvalue weighted by Crippen LogP contribution is 2.14. The van der Waals surface area contributed by atoms with Gasteiger partial charge in [0.1, 0.15) is 0 Å². The topological polar surface area (TPSA) is 56.9 Å². The predicted molar refractivity (Wildman–Crippen MR) is 105 cm³/mol. The summed E-state index contributed by atoms with van der Waals surface area (Å²) in [6.45, 7) is 16.7. The molecule has 1 aliphatic heterocycles. The fraction of sp³-hybridized carbons (Fsp3) is 0.947. The van der Waals surface area contributed by atoms with Crippen LogP contribution in [0.1, 0.15) is 53.9 Å². The molecule has 0 aromatic carbocycles. The van der Waals surface area contributed by atoms with Crippen molar-refractivity contribution in [2.24, 2.45) is 22.6 Å². The molecular formula is C19H41N5. The Kier molecular flexibility index (Phi) is 9.67. The molecule has 2 atom stereocenters. The normalized spacial score (nSPS) is 20.6. The van der Waals surface area contributed by atoms with Crippen LogP contribution in [0.25, 0.3) is 0 Å². The third kappa shape index (κ3) is 8.34. The first-order valence-electron chi connectivity index (χ1n) is 9.78. The minimum absolute atomic E-state index is 0.397. The van der Waals surface area contributed by atoms with Gasteiger partial charge in [0.05, 0.1) is 6.54 Å². The smallest absolute Gasteiger partial charge is 0.188 e. The van der Waals surface area contributed by atoms with Gasteiger partial charge >= 0.3 is 0 Å². The van der Waals surface area contributed by atoms with Gasteiger partial charge in [-0.05, 0) is 32.2 Å². The summed E-state index contributed by atoms with van der Waals surface area (Å²) < 4.78 is 0. The molecule has 3 N–H and O–H groups in total. The van der Waals surface area contributed by atoms with Crippen LogP contribution in [0.5, 0.6) is 0 Å². The molecule has 1 rings (SSSR count). The van der Waals surface area contributed by atoms with Crippen molar-refractivity contribution in [3.05, 3.63) is 0 Å². The average Bonchev–Trinajstić information content (AvgIpc) is 2.48. The lowest BCUT2D eigenvalue weighted by atomic mass is 10.0. The summed E-state index contributed by atoms with van der Waals surface area (Å²) in [5.41, 5.74) is 6.12. The number of rotatable bonds is 9. The maximum atomic E-state index is 6.12. The van der Waals surface area contributed by atoms with Gasteiger partial charge in [-0.25, -0.2) is 0 Å². The number of guanidine groups is 1. The third-order valence-corrected chi connectivity index (χ3v) is 5.04. The van der Waals surface area contributed by atoms with Crippen molar-refractivity contribution < 1.29 is 0 Å². The van der Waals surface area contributed by atoms with Crippen LogP contribution in [0.3, 0.4) is 0 Å². The lowest BCUT2D eigenvalue weighted by molar-refractivity contribution is 0.0925. The Morgan fingerprint density at radius 2 is 1.67 bits per heavy atom. The van der Waals surface area contributed by atoms with Gasteiger partial charge in [0.25, 0.3) is 0 Å². The van der Waals surface area contributed by atoms with Crippen molar-refractivity contribution in [3.8, 4) is 0 Å². The van der Waals surface area contributed by atoms with Gasteiger partial charge in [0, 0.05) is 38.3 Å². The number of nitrogens with two attached hydrogens (primary N) is 1. The van der Waals surface area contributed by atoms with Crippen molar-refractivity contribution >= 4 is 5.96 Å². The van der Waals surface area contributed by atoms with Crippen LogP contribution >= 0.6 is 0 Å². The van der Waals surface area contributed by atoms with Crippen LogP contribution in [0, 0.1) is 11.8 Å². The van der Waals surface area contributed by atoms with Crippen LogP contribution in [0.2, 0.25) is 0 Å². The molecule has 0 aliphatic carbocycles. The predicted octanol–water partition coefficient (Wildman–Crippen LogP) is 2.38. The average molecular weight is 340 g/mol. The van der Waals surface area contributed by atoms with Gasteiger partial charge in [0.15, 0.2) is 5.96 Å². The first kappa shape index (κ1) is 21.2. The number of hydrogen-bond donors (Lipinski definition) is 2. The minimum atomic E-state index is 0.397. The monoisotopic (exact) mass is 339 g/mol. The quantitative estimate of drug-likeness (QED) is 0.500. The van der Waals surface area contributed by atoms with Crippen molar-refractivity contribution in [3.63, 3.8) is 0 Å². The second-order valence-corrected chi connectivity index (χ2v) is 8.25. The molecule has 0 amide bonds. The number of likely N-dealkylation sites (N-methyl/N-ethyl adjacent to an activating group) is 1. The molecule has 0 radical (unpaired) electrons. The zero-order valence-electron chi connectivity index (χ0n) is 16.9. The van der Waals surface area contributed by atoms with E-state index in [0.29, 0.717) is 24.0 Å². The number of nitrogens with one attached hydrogen (secondary N) is 1. The number of hydrogen-bond acceptors (Lipinski definition) is 3. The van der Waals surface area contributed by atoms with Crippen LogP contribution in [-0.2, 0) is 0 Å². The van der Waals surface area contributed by atoms with E-state index in [2.05, 4.69) is 61.8 Å². The van der Waals surface area contributed by atoms with E-state index in [9.17, 15) is 0 Å². The fourth-order valence-electron chi connectivity index (χ4n) is 3.30. The molecule has 0 saturated carbocycles. The summed E-state index contributed by atoms with van der Waals surface area (Å²) in [6.07, 6.45) is 3.68. The van der Waals surface area contributed by atoms with E-state index < -0.39 is 0 Å². The van der Waals surface area contributed by atoms with Gasteiger partial charge in [-0.1, -0.05) is 40.5 Å². The molecule has 0 aromatic heterocycles. The Morgan fingerprint density at radius 1 is 1.04 bits per heavy atom. The number of piperazine rings is 1. The molecule has 1 heterocycles. The molecule has 1 aliphatic rings. The van der Waals surface area contributed by atoms with Gasteiger partial charge in [-0.15, -0.1) is 0 Å². The van der Waals surface area contributed by atoms with Crippen molar-refractivity contribution in [1.82, 2.24) is 15.1 Å². The maximum absolute atomic E-state index is 6.12. The van der Waals surface area contributed by atoms with E-state index in [-0.39, 0.29) is 0 Å². The van der Waals surface area contributed by atoms with Gasteiger partial charge in [-0.3, -0.25) is 9.89 Å². The molecule has 1 saturated heterocycles. The SMILES string of the molecule is CC(C)CCCC(C)NC(N)=NCC(C(C)C)N1CCN(C)CC1. The molecule has 0 spiro atoms. The Morgan fingerprint density at radius 3 is 2.21 bits per heavy atom. The van der Waals surface area contributed by atoms with E-state index in [1.54, 1.807) is 0 Å². The molecular weight excluding hydrogens is 298 g/mol. The Hall–Kier alpha value is -0.810. The summed E-state index contributed by atoms with van der Waals surface area (Å²) in [5.74, 6) is 1.97. The lowest BCUT2D eigenvalue weighted by Crippen LogP contribution is -2.52. The van der Waals surface area contributed by atoms with Crippen LogP contribution in [0.4, 0.5) is 0 Å². The van der Waals surface area contributed by atoms with Crippen molar-refractivity contribution in [1.29, 1.82) is 0 Å². The second kappa shape index (κ2) is 10.9. The minimum Gasteiger partial charge on any atom is -0.370 e. The fourth-order valence-corrected chi connectivity index (χ4v) is 3.30. The van der Waals surface area contributed by atoms with E-state index in [4.69, 9.17) is 5.73 Å². The van der Waals surface area contributed by atoms with E-state index >= 15 is 0 Å². The largest absolute Gasteiger partial charge is 0.370 e. The standard InChI is InChI=1S/C19H41N5/c1-15(2)8-7-9-17(5)22-19(20)21-14-18(16(3)4)24-12-10-23(6)11-13-24/h15-18H,7-14H2,1-6H3,(H3,20,21,22). The molecule has 5 nitrogen and oxygen atoms in total. The molecule has 24 heavy (non-hydrogen) atoms. The zero-order chi connectivity index (χ0) is 18.1. The van der Waals surface area contributed by atoms with Gasteiger partial charge in [-0.2, -0.15) is 0 Å². The lowest BCUT2D eigenvalue weighted by Gasteiger charge is -2.39. The van der Waals surface area contributed by atoms with Crippen molar-refractivity contribution in [2.45, 2.75) is 66.0 Å².